The highest BCUT2D eigenvalue weighted by Crippen LogP contribution is 2.10. The number of amides is 1. The van der Waals surface area contributed by atoms with E-state index < -0.39 is 0 Å². The molecular weight excluding hydrogens is 226 g/mol. The lowest BCUT2D eigenvalue weighted by atomic mass is 10.2. The number of aromatic nitrogens is 1. The van der Waals surface area contributed by atoms with Crippen LogP contribution in [0.25, 0.3) is 0 Å². The Hall–Kier alpha value is -1.84. The molecule has 1 rings (SSSR count). The summed E-state index contributed by atoms with van der Waals surface area (Å²) in [7, 11) is 1.82. The van der Waals surface area contributed by atoms with Crippen LogP contribution in [0.2, 0.25) is 0 Å². The van der Waals surface area contributed by atoms with Crippen molar-refractivity contribution in [3.05, 3.63) is 36.7 Å². The molecule has 1 N–H and O–H groups in total. The Kier molecular flexibility index (Phi) is 5.91. The molecule has 0 bridgehead atoms. The normalized spacial score (nSPS) is 9.89. The molecule has 0 atom stereocenters. The van der Waals surface area contributed by atoms with Crippen LogP contribution in [-0.2, 0) is 0 Å². The second kappa shape index (κ2) is 7.48. The van der Waals surface area contributed by atoms with Crippen LogP contribution < -0.4 is 5.32 Å². The molecule has 0 aliphatic carbocycles. The first kappa shape index (κ1) is 14.2. The Morgan fingerprint density at radius 2 is 2.33 bits per heavy atom. The van der Waals surface area contributed by atoms with E-state index in [4.69, 9.17) is 0 Å². The molecule has 0 fully saturated rings. The van der Waals surface area contributed by atoms with Gasteiger partial charge in [0.1, 0.15) is 0 Å². The average Bonchev–Trinajstić information content (AvgIpc) is 2.42. The van der Waals surface area contributed by atoms with E-state index in [2.05, 4.69) is 23.8 Å². The maximum absolute atomic E-state index is 12.1. The Balaban J connectivity index is 2.69. The van der Waals surface area contributed by atoms with E-state index in [-0.39, 0.29) is 5.91 Å². The second-order valence-corrected chi connectivity index (χ2v) is 4.21. The van der Waals surface area contributed by atoms with Gasteiger partial charge in [-0.25, -0.2) is 0 Å². The molecule has 98 valence electrons. The van der Waals surface area contributed by atoms with Crippen LogP contribution in [-0.4, -0.2) is 35.9 Å². The standard InChI is InChI=1S/C14H21N3O/c1-4-6-8-17(3)14(18)12-9-13(11-15-10-12)16-7-5-2/h5,9-11,16H,2,4,6-8H2,1,3H3. The van der Waals surface area contributed by atoms with Gasteiger partial charge in [0, 0.05) is 32.5 Å². The van der Waals surface area contributed by atoms with Crippen LogP contribution in [0, 0.1) is 0 Å². The third kappa shape index (κ3) is 4.20. The smallest absolute Gasteiger partial charge is 0.255 e. The number of hydrogen-bond acceptors (Lipinski definition) is 3. The molecule has 1 aromatic rings. The van der Waals surface area contributed by atoms with Gasteiger partial charge in [-0.15, -0.1) is 6.58 Å². The van der Waals surface area contributed by atoms with Gasteiger partial charge in [0.2, 0.25) is 0 Å². The maximum atomic E-state index is 12.1. The average molecular weight is 247 g/mol. The zero-order chi connectivity index (χ0) is 13.4. The molecule has 0 saturated heterocycles. The minimum Gasteiger partial charge on any atom is -0.380 e. The van der Waals surface area contributed by atoms with E-state index >= 15 is 0 Å². The van der Waals surface area contributed by atoms with Crippen LogP contribution in [0.4, 0.5) is 5.69 Å². The molecule has 0 unspecified atom stereocenters. The van der Waals surface area contributed by atoms with Gasteiger partial charge >= 0.3 is 0 Å². The number of unbranched alkanes of at least 4 members (excludes halogenated alkanes) is 1. The molecule has 1 amide bonds. The van der Waals surface area contributed by atoms with Crippen LogP contribution >= 0.6 is 0 Å². The molecule has 0 aliphatic rings. The number of nitrogens with one attached hydrogen (secondary N) is 1. The Labute approximate surface area is 109 Å². The minimum atomic E-state index is 0.0122. The summed E-state index contributed by atoms with van der Waals surface area (Å²) < 4.78 is 0. The van der Waals surface area contributed by atoms with E-state index in [1.54, 1.807) is 23.4 Å². The fourth-order valence-corrected chi connectivity index (χ4v) is 1.56. The van der Waals surface area contributed by atoms with Gasteiger partial charge in [-0.1, -0.05) is 19.4 Å². The number of nitrogens with zero attached hydrogens (tertiary/aromatic N) is 2. The van der Waals surface area contributed by atoms with Gasteiger partial charge < -0.3 is 10.2 Å². The third-order valence-electron chi connectivity index (χ3n) is 2.63. The van der Waals surface area contributed by atoms with Gasteiger partial charge in [0.25, 0.3) is 5.91 Å². The zero-order valence-electron chi connectivity index (χ0n) is 11.1. The van der Waals surface area contributed by atoms with Crippen LogP contribution in [0.15, 0.2) is 31.1 Å². The first-order valence-corrected chi connectivity index (χ1v) is 6.24. The van der Waals surface area contributed by atoms with Crippen molar-refractivity contribution in [1.29, 1.82) is 0 Å². The van der Waals surface area contributed by atoms with Crippen molar-refractivity contribution in [3.63, 3.8) is 0 Å². The Morgan fingerprint density at radius 1 is 1.56 bits per heavy atom. The van der Waals surface area contributed by atoms with E-state index in [0.29, 0.717) is 12.1 Å². The highest BCUT2D eigenvalue weighted by atomic mass is 16.2. The quantitative estimate of drug-likeness (QED) is 0.753. The number of anilines is 1. The number of carbonyl (C=O) groups excluding carboxylic acids is 1. The molecule has 0 saturated carbocycles. The van der Waals surface area contributed by atoms with Crippen LogP contribution in [0.5, 0.6) is 0 Å². The van der Waals surface area contributed by atoms with Crippen molar-refractivity contribution in [3.8, 4) is 0 Å². The minimum absolute atomic E-state index is 0.0122. The van der Waals surface area contributed by atoms with Gasteiger partial charge in [-0.2, -0.15) is 0 Å². The SMILES string of the molecule is C=CCNc1cncc(C(=O)N(C)CCCC)c1. The highest BCUT2D eigenvalue weighted by Gasteiger charge is 2.11. The fourth-order valence-electron chi connectivity index (χ4n) is 1.56. The summed E-state index contributed by atoms with van der Waals surface area (Å²) in [6, 6.07) is 1.82. The lowest BCUT2D eigenvalue weighted by Gasteiger charge is -2.16. The molecular formula is C14H21N3O. The molecule has 1 aromatic heterocycles. The van der Waals surface area contributed by atoms with Crippen molar-refractivity contribution in [1.82, 2.24) is 9.88 Å². The summed E-state index contributed by atoms with van der Waals surface area (Å²) in [5, 5.41) is 3.12. The summed E-state index contributed by atoms with van der Waals surface area (Å²) in [5.41, 5.74) is 1.45. The van der Waals surface area contributed by atoms with E-state index in [9.17, 15) is 4.79 Å². The molecule has 0 aromatic carbocycles. The maximum Gasteiger partial charge on any atom is 0.255 e. The Morgan fingerprint density at radius 3 is 3.00 bits per heavy atom. The number of hydrogen-bond donors (Lipinski definition) is 1. The van der Waals surface area contributed by atoms with Crippen molar-refractivity contribution in [2.24, 2.45) is 0 Å². The van der Waals surface area contributed by atoms with Crippen molar-refractivity contribution in [2.45, 2.75) is 19.8 Å². The summed E-state index contributed by atoms with van der Waals surface area (Å²) in [6.45, 7) is 7.18. The molecule has 0 aliphatic heterocycles. The molecule has 1 heterocycles. The second-order valence-electron chi connectivity index (χ2n) is 4.21. The molecule has 18 heavy (non-hydrogen) atoms. The highest BCUT2D eigenvalue weighted by molar-refractivity contribution is 5.94. The van der Waals surface area contributed by atoms with Gasteiger partial charge in [0.15, 0.2) is 0 Å². The summed E-state index contributed by atoms with van der Waals surface area (Å²) in [5.74, 6) is 0.0122. The van der Waals surface area contributed by atoms with Crippen LogP contribution in [0.3, 0.4) is 0 Å². The lowest BCUT2D eigenvalue weighted by molar-refractivity contribution is 0.0793. The zero-order valence-corrected chi connectivity index (χ0v) is 11.1. The summed E-state index contributed by atoms with van der Waals surface area (Å²) >= 11 is 0. The number of rotatable bonds is 7. The first-order valence-electron chi connectivity index (χ1n) is 6.24. The largest absolute Gasteiger partial charge is 0.380 e. The topological polar surface area (TPSA) is 45.2 Å². The van der Waals surface area contributed by atoms with Crippen molar-refractivity contribution >= 4 is 11.6 Å². The van der Waals surface area contributed by atoms with E-state index in [0.717, 1.165) is 25.1 Å². The fraction of sp³-hybridized carbons (Fsp3) is 0.429. The molecule has 0 radical (unpaired) electrons. The molecule has 0 spiro atoms. The molecule has 4 heteroatoms. The lowest BCUT2D eigenvalue weighted by Crippen LogP contribution is -2.27. The van der Waals surface area contributed by atoms with Gasteiger partial charge in [-0.3, -0.25) is 9.78 Å². The van der Waals surface area contributed by atoms with Gasteiger partial charge in [0.05, 0.1) is 11.3 Å². The predicted molar refractivity (Wildman–Crippen MR) is 74.8 cm³/mol. The summed E-state index contributed by atoms with van der Waals surface area (Å²) in [4.78, 5) is 17.9. The van der Waals surface area contributed by atoms with Crippen molar-refractivity contribution in [2.75, 3.05) is 25.5 Å². The molecule has 4 nitrogen and oxygen atoms in total. The predicted octanol–water partition coefficient (Wildman–Crippen LogP) is 2.55. The number of pyridine rings is 1. The van der Waals surface area contributed by atoms with Crippen molar-refractivity contribution < 1.29 is 4.79 Å². The van der Waals surface area contributed by atoms with Crippen LogP contribution in [0.1, 0.15) is 30.1 Å². The van der Waals surface area contributed by atoms with Gasteiger partial charge in [-0.05, 0) is 12.5 Å². The Bertz CT molecular complexity index is 404. The first-order chi connectivity index (χ1) is 8.69. The third-order valence-corrected chi connectivity index (χ3v) is 2.63. The number of carbonyl (C=O) groups is 1. The monoisotopic (exact) mass is 247 g/mol. The van der Waals surface area contributed by atoms with E-state index in [1.807, 2.05) is 13.1 Å². The summed E-state index contributed by atoms with van der Waals surface area (Å²) in [6.07, 6.45) is 7.17. The van der Waals surface area contributed by atoms with E-state index in [1.165, 1.54) is 0 Å².